The van der Waals surface area contributed by atoms with Crippen LogP contribution in [0.3, 0.4) is 0 Å². The summed E-state index contributed by atoms with van der Waals surface area (Å²) < 4.78 is 53.7. The quantitative estimate of drug-likeness (QED) is 0.231. The predicted octanol–water partition coefficient (Wildman–Crippen LogP) is -0.887. The molecule has 180 valence electrons. The van der Waals surface area contributed by atoms with Gasteiger partial charge in [-0.3, -0.25) is 13.9 Å². The summed E-state index contributed by atoms with van der Waals surface area (Å²) in [5.74, 6) is 0.257. The summed E-state index contributed by atoms with van der Waals surface area (Å²) in [4.78, 5) is 48.9. The number of hydrogen-bond donors (Lipinski definition) is 6. The molecule has 1 saturated heterocycles. The van der Waals surface area contributed by atoms with Crippen LogP contribution in [0.15, 0.2) is 11.1 Å². The molecule has 0 bridgehead atoms. The Labute approximate surface area is 178 Å². The molecule has 3 rings (SSSR count). The van der Waals surface area contributed by atoms with Gasteiger partial charge in [-0.1, -0.05) is 0 Å². The van der Waals surface area contributed by atoms with Crippen LogP contribution in [-0.2, 0) is 31.6 Å². The minimum absolute atomic E-state index is 0.0456. The number of imidazole rings is 1. The lowest BCUT2D eigenvalue weighted by molar-refractivity contribution is -0.0482. The van der Waals surface area contributed by atoms with E-state index in [9.17, 15) is 33.6 Å². The van der Waals surface area contributed by atoms with E-state index in [-0.39, 0.29) is 17.0 Å². The standard InChI is InChI=1S/C12H19N4O13P3/c1-5-14-10-7(11(19)15-5)13-4-16(10)12-9(18)8(17)6(27-12)3-26-30(2,20)28-32(24,25)29-31(21,22)23/h4,6,8-9,12,17-18H,3H2,1-2H3,(H,24,25)(H,14,15,19)(H2,21,22,23)/t6-,8+,9?,12-,30?/m1/s1. The molecule has 0 amide bonds. The van der Waals surface area contributed by atoms with Gasteiger partial charge in [-0.05, 0) is 6.92 Å². The average molecular weight is 520 g/mol. The van der Waals surface area contributed by atoms with E-state index < -0.39 is 59.9 Å². The summed E-state index contributed by atoms with van der Waals surface area (Å²) in [6.45, 7) is 1.49. The summed E-state index contributed by atoms with van der Waals surface area (Å²) in [5.41, 5.74) is -0.519. The number of hydrogen-bond acceptors (Lipinski definition) is 12. The number of aromatic nitrogens is 4. The number of nitrogens with zero attached hydrogens (tertiary/aromatic N) is 3. The van der Waals surface area contributed by atoms with E-state index in [4.69, 9.17) is 19.0 Å². The molecule has 6 N–H and O–H groups in total. The lowest BCUT2D eigenvalue weighted by Crippen LogP contribution is -2.33. The third kappa shape index (κ3) is 5.78. The highest BCUT2D eigenvalue weighted by Crippen LogP contribution is 2.66. The molecule has 2 aromatic rings. The lowest BCUT2D eigenvalue weighted by Gasteiger charge is -2.20. The van der Waals surface area contributed by atoms with E-state index in [1.807, 2.05) is 0 Å². The highest BCUT2D eigenvalue weighted by molar-refractivity contribution is 7.68. The molecule has 1 fully saturated rings. The van der Waals surface area contributed by atoms with Gasteiger partial charge < -0.3 is 39.1 Å². The van der Waals surface area contributed by atoms with Crippen LogP contribution in [0.1, 0.15) is 12.1 Å². The van der Waals surface area contributed by atoms with Crippen LogP contribution in [0.4, 0.5) is 0 Å². The van der Waals surface area contributed by atoms with Crippen molar-refractivity contribution < 1.29 is 56.5 Å². The number of aliphatic hydroxyl groups is 2. The number of fused-ring (bicyclic) bond motifs is 1. The summed E-state index contributed by atoms with van der Waals surface area (Å²) >= 11 is 0. The van der Waals surface area contributed by atoms with Crippen LogP contribution >= 0.6 is 23.2 Å². The fourth-order valence-electron chi connectivity index (χ4n) is 2.89. The first-order valence-electron chi connectivity index (χ1n) is 8.57. The Morgan fingerprint density at radius 2 is 1.84 bits per heavy atom. The van der Waals surface area contributed by atoms with Crippen molar-refractivity contribution in [3.63, 3.8) is 0 Å². The van der Waals surface area contributed by atoms with Crippen LogP contribution in [-0.4, -0.2) is 76.0 Å². The van der Waals surface area contributed by atoms with Gasteiger partial charge in [0.25, 0.3) is 5.56 Å². The fraction of sp³-hybridized carbons (Fsp3) is 0.583. The molecule has 3 unspecified atom stereocenters. The second kappa shape index (κ2) is 8.80. The van der Waals surface area contributed by atoms with Gasteiger partial charge in [-0.15, -0.1) is 0 Å². The molecule has 0 aliphatic carbocycles. The first-order valence-corrected chi connectivity index (χ1v) is 13.6. The Morgan fingerprint density at radius 3 is 2.47 bits per heavy atom. The first kappa shape index (κ1) is 25.3. The SMILES string of the molecule is Cc1nc2c(ncn2[C@@H]2O[C@H](COP(C)(=O)OP(=O)(O)OP(=O)(O)O)[C@H](O)C2O)c(=O)[nH]1. The van der Waals surface area contributed by atoms with E-state index in [1.165, 1.54) is 11.5 Å². The van der Waals surface area contributed by atoms with Crippen molar-refractivity contribution in [3.05, 3.63) is 22.5 Å². The molecule has 0 aromatic carbocycles. The monoisotopic (exact) mass is 520 g/mol. The summed E-state index contributed by atoms with van der Waals surface area (Å²) in [6, 6.07) is 0. The zero-order valence-corrected chi connectivity index (χ0v) is 19.0. The largest absolute Gasteiger partial charge is 0.488 e. The lowest BCUT2D eigenvalue weighted by atomic mass is 10.1. The van der Waals surface area contributed by atoms with E-state index in [2.05, 4.69) is 23.6 Å². The Hall–Kier alpha value is -1.32. The van der Waals surface area contributed by atoms with E-state index in [0.717, 1.165) is 6.33 Å². The molecule has 1 aliphatic heterocycles. The number of nitrogens with one attached hydrogen (secondary N) is 1. The number of phosphoric acid groups is 2. The maximum absolute atomic E-state index is 12.2. The summed E-state index contributed by atoms with van der Waals surface area (Å²) in [6.07, 6.45) is -4.63. The normalized spacial score (nSPS) is 28.0. The Morgan fingerprint density at radius 1 is 1.19 bits per heavy atom. The average Bonchev–Trinajstić information content (AvgIpc) is 3.12. The van der Waals surface area contributed by atoms with Crippen molar-refractivity contribution in [1.29, 1.82) is 0 Å². The molecule has 32 heavy (non-hydrogen) atoms. The van der Waals surface area contributed by atoms with Crippen LogP contribution in [0.2, 0.25) is 0 Å². The van der Waals surface area contributed by atoms with Crippen molar-refractivity contribution in [3.8, 4) is 0 Å². The van der Waals surface area contributed by atoms with Crippen LogP contribution in [0, 0.1) is 6.92 Å². The molecule has 6 atom stereocenters. The van der Waals surface area contributed by atoms with E-state index >= 15 is 0 Å². The smallest absolute Gasteiger partial charge is 0.387 e. The highest BCUT2D eigenvalue weighted by Gasteiger charge is 2.46. The minimum Gasteiger partial charge on any atom is -0.387 e. The summed E-state index contributed by atoms with van der Waals surface area (Å²) in [7, 11) is -15.4. The van der Waals surface area contributed by atoms with Gasteiger partial charge in [-0.2, -0.15) is 4.31 Å². The third-order valence-corrected chi connectivity index (χ3v) is 8.40. The molecule has 17 nitrogen and oxygen atoms in total. The Bertz CT molecular complexity index is 1210. The van der Waals surface area contributed by atoms with Gasteiger partial charge in [0.2, 0.25) is 0 Å². The molecular formula is C12H19N4O13P3. The number of aryl methyl sites for hydroxylation is 1. The van der Waals surface area contributed by atoms with Gasteiger partial charge in [0.1, 0.15) is 24.1 Å². The van der Waals surface area contributed by atoms with Crippen LogP contribution in [0.25, 0.3) is 11.2 Å². The Balaban J connectivity index is 1.72. The molecule has 20 heteroatoms. The molecule has 0 radical (unpaired) electrons. The molecule has 0 spiro atoms. The van der Waals surface area contributed by atoms with Crippen LogP contribution < -0.4 is 5.56 Å². The van der Waals surface area contributed by atoms with Crippen molar-refractivity contribution in [2.75, 3.05) is 13.3 Å². The van der Waals surface area contributed by atoms with Crippen molar-refractivity contribution in [2.45, 2.75) is 31.5 Å². The number of rotatable bonds is 8. The van der Waals surface area contributed by atoms with Crippen molar-refractivity contribution >= 4 is 34.4 Å². The number of aliphatic hydroxyl groups excluding tert-OH is 2. The third-order valence-electron chi connectivity index (χ3n) is 4.10. The van der Waals surface area contributed by atoms with Gasteiger partial charge >= 0.3 is 23.2 Å². The van der Waals surface area contributed by atoms with Crippen molar-refractivity contribution in [1.82, 2.24) is 19.5 Å². The second-order valence-electron chi connectivity index (χ2n) is 6.71. The van der Waals surface area contributed by atoms with Gasteiger partial charge in [0.15, 0.2) is 17.4 Å². The summed E-state index contributed by atoms with van der Waals surface area (Å²) in [5, 5.41) is 20.6. The highest BCUT2D eigenvalue weighted by atomic mass is 31.3. The zero-order chi connectivity index (χ0) is 24.1. The van der Waals surface area contributed by atoms with E-state index in [0.29, 0.717) is 6.66 Å². The zero-order valence-electron chi connectivity index (χ0n) is 16.3. The van der Waals surface area contributed by atoms with Crippen LogP contribution in [0.5, 0.6) is 0 Å². The molecule has 1 aliphatic rings. The molecule has 2 aromatic heterocycles. The maximum Gasteiger partial charge on any atom is 0.488 e. The maximum atomic E-state index is 12.2. The molecule has 3 heterocycles. The second-order valence-corrected chi connectivity index (χ2v) is 11.7. The van der Waals surface area contributed by atoms with E-state index in [1.54, 1.807) is 0 Å². The van der Waals surface area contributed by atoms with Gasteiger partial charge in [0, 0.05) is 6.66 Å². The number of ether oxygens (including phenoxy) is 1. The minimum atomic E-state index is -5.47. The first-order chi connectivity index (χ1) is 14.6. The van der Waals surface area contributed by atoms with Crippen molar-refractivity contribution in [2.24, 2.45) is 0 Å². The van der Waals surface area contributed by atoms with Gasteiger partial charge in [-0.25, -0.2) is 23.4 Å². The predicted molar refractivity (Wildman–Crippen MR) is 102 cm³/mol. The molecule has 0 saturated carbocycles. The Kier molecular flexibility index (Phi) is 6.96. The number of H-pyrrole nitrogens is 1. The topological polar surface area (TPSA) is 253 Å². The molecular weight excluding hydrogens is 501 g/mol. The van der Waals surface area contributed by atoms with Gasteiger partial charge in [0.05, 0.1) is 12.9 Å². The fourth-order valence-corrected chi connectivity index (χ4v) is 6.46. The number of aromatic amines is 1.